The molecule has 0 saturated heterocycles. The molecular weight excluding hydrogens is 303 g/mol. The van der Waals surface area contributed by atoms with Crippen LogP contribution in [0.1, 0.15) is 20.7 Å². The van der Waals surface area contributed by atoms with Gasteiger partial charge in [0.15, 0.2) is 6.61 Å². The molecule has 0 aromatic heterocycles. The first-order valence-electron chi connectivity index (χ1n) is 6.73. The van der Waals surface area contributed by atoms with E-state index in [4.69, 9.17) is 9.47 Å². The van der Waals surface area contributed by atoms with Gasteiger partial charge in [0, 0.05) is 0 Å². The Kier molecular flexibility index (Phi) is 5.30. The number of ketones is 1. The van der Waals surface area contributed by atoms with Crippen molar-refractivity contribution in [1.29, 1.82) is 0 Å². The van der Waals surface area contributed by atoms with E-state index in [1.807, 2.05) is 0 Å². The zero-order valence-corrected chi connectivity index (χ0v) is 12.7. The first kappa shape index (κ1) is 16.5. The number of Topliss-reactive ketones (excluding diaryl/α,β-unsaturated/α-hetero) is 1. The highest BCUT2D eigenvalue weighted by Crippen LogP contribution is 2.20. The number of carbonyl (C=O) groups excluding carboxylic acids is 2. The number of methoxy groups -OCH3 is 2. The summed E-state index contributed by atoms with van der Waals surface area (Å²) < 4.78 is 28.2. The zero-order chi connectivity index (χ0) is 16.8. The molecule has 0 heterocycles. The highest BCUT2D eigenvalue weighted by atomic mass is 19.1. The van der Waals surface area contributed by atoms with Gasteiger partial charge >= 0.3 is 5.97 Å². The Morgan fingerprint density at radius 1 is 1.04 bits per heavy atom. The molecule has 0 atom stereocenters. The molecule has 0 aliphatic heterocycles. The summed E-state index contributed by atoms with van der Waals surface area (Å²) in [5.74, 6) is -0.727. The molecule has 5 nitrogen and oxygen atoms in total. The summed E-state index contributed by atoms with van der Waals surface area (Å²) in [4.78, 5) is 23.4. The van der Waals surface area contributed by atoms with Crippen molar-refractivity contribution in [2.45, 2.75) is 0 Å². The minimum atomic E-state index is -0.531. The van der Waals surface area contributed by atoms with Crippen molar-refractivity contribution in [1.82, 2.24) is 0 Å². The van der Waals surface area contributed by atoms with Gasteiger partial charge in [-0.05, 0) is 42.5 Å². The molecule has 0 saturated carbocycles. The molecule has 0 aliphatic rings. The predicted molar refractivity (Wildman–Crippen MR) is 80.6 cm³/mol. The van der Waals surface area contributed by atoms with Crippen LogP contribution in [0.15, 0.2) is 42.5 Å². The number of benzene rings is 2. The molecule has 0 spiro atoms. The fourth-order valence-corrected chi connectivity index (χ4v) is 1.93. The highest BCUT2D eigenvalue weighted by Gasteiger charge is 2.14. The summed E-state index contributed by atoms with van der Waals surface area (Å²) in [7, 11) is 2.69. The maximum Gasteiger partial charge on any atom is 0.337 e. The van der Waals surface area contributed by atoms with E-state index >= 15 is 0 Å². The Morgan fingerprint density at radius 3 is 2.35 bits per heavy atom. The first-order valence-corrected chi connectivity index (χ1v) is 6.73. The lowest BCUT2D eigenvalue weighted by molar-refractivity contribution is 0.0600. The van der Waals surface area contributed by atoms with Crippen LogP contribution >= 0.6 is 0 Å². The summed E-state index contributed by atoms with van der Waals surface area (Å²) in [6.45, 7) is -0.280. The Morgan fingerprint density at radius 2 is 1.74 bits per heavy atom. The lowest BCUT2D eigenvalue weighted by Crippen LogP contribution is -2.13. The molecule has 6 heteroatoms. The Bertz CT molecular complexity index is 709. The topological polar surface area (TPSA) is 61.8 Å². The maximum atomic E-state index is 13.3. The summed E-state index contributed by atoms with van der Waals surface area (Å²) in [5, 5.41) is 0. The summed E-state index contributed by atoms with van der Waals surface area (Å²) in [6.07, 6.45) is 0. The third kappa shape index (κ3) is 4.06. The van der Waals surface area contributed by atoms with E-state index in [0.717, 1.165) is 6.07 Å². The van der Waals surface area contributed by atoms with E-state index in [1.54, 1.807) is 12.1 Å². The summed E-state index contributed by atoms with van der Waals surface area (Å²) in [6, 6.07) is 9.83. The Hall–Kier alpha value is -2.89. The van der Waals surface area contributed by atoms with Crippen LogP contribution in [0.4, 0.5) is 4.39 Å². The van der Waals surface area contributed by atoms with Crippen molar-refractivity contribution in [2.75, 3.05) is 20.8 Å². The molecule has 0 radical (unpaired) electrons. The number of rotatable bonds is 6. The first-order chi connectivity index (χ1) is 11.0. The predicted octanol–water partition coefficient (Wildman–Crippen LogP) is 2.88. The highest BCUT2D eigenvalue weighted by molar-refractivity contribution is 5.99. The van der Waals surface area contributed by atoms with Gasteiger partial charge in [0.25, 0.3) is 0 Å². The van der Waals surface area contributed by atoms with Crippen LogP contribution in [0.5, 0.6) is 11.5 Å². The van der Waals surface area contributed by atoms with Crippen LogP contribution in [0.25, 0.3) is 0 Å². The van der Waals surface area contributed by atoms with Crippen LogP contribution < -0.4 is 9.47 Å². The number of halogens is 1. The molecular formula is C17H15FO5. The van der Waals surface area contributed by atoms with E-state index < -0.39 is 17.6 Å². The van der Waals surface area contributed by atoms with Crippen LogP contribution in [0, 0.1) is 5.82 Å². The van der Waals surface area contributed by atoms with Gasteiger partial charge in [-0.2, -0.15) is 0 Å². The van der Waals surface area contributed by atoms with E-state index in [1.165, 1.54) is 38.5 Å². The molecule has 0 N–H and O–H groups in total. The van der Waals surface area contributed by atoms with E-state index in [9.17, 15) is 14.0 Å². The molecule has 2 rings (SSSR count). The summed E-state index contributed by atoms with van der Waals surface area (Å²) >= 11 is 0. The average Bonchev–Trinajstić information content (AvgIpc) is 2.59. The van der Waals surface area contributed by atoms with E-state index in [-0.39, 0.29) is 17.9 Å². The minimum absolute atomic E-state index is 0.110. The van der Waals surface area contributed by atoms with Gasteiger partial charge in [-0.3, -0.25) is 4.79 Å². The molecule has 0 unspecified atom stereocenters. The van der Waals surface area contributed by atoms with Crippen molar-refractivity contribution in [3.05, 3.63) is 59.4 Å². The van der Waals surface area contributed by atoms with Crippen molar-refractivity contribution in [2.24, 2.45) is 0 Å². The average molecular weight is 318 g/mol. The van der Waals surface area contributed by atoms with Crippen LogP contribution in [0.2, 0.25) is 0 Å². The second-order valence-electron chi connectivity index (χ2n) is 4.57. The smallest absolute Gasteiger partial charge is 0.337 e. The van der Waals surface area contributed by atoms with Gasteiger partial charge < -0.3 is 14.2 Å². The lowest BCUT2D eigenvalue weighted by atomic mass is 10.1. The van der Waals surface area contributed by atoms with Gasteiger partial charge in [0.1, 0.15) is 17.3 Å². The molecule has 2 aromatic rings. The molecule has 0 bridgehead atoms. The number of esters is 1. The van der Waals surface area contributed by atoms with Gasteiger partial charge in [0.05, 0.1) is 25.3 Å². The van der Waals surface area contributed by atoms with Gasteiger partial charge in [-0.1, -0.05) is 0 Å². The van der Waals surface area contributed by atoms with Gasteiger partial charge in [-0.25, -0.2) is 9.18 Å². The minimum Gasteiger partial charge on any atom is -0.496 e. The van der Waals surface area contributed by atoms with Crippen LogP contribution in [0.3, 0.4) is 0 Å². The van der Waals surface area contributed by atoms with Gasteiger partial charge in [0.2, 0.25) is 5.78 Å². The number of ether oxygens (including phenoxy) is 3. The molecule has 23 heavy (non-hydrogen) atoms. The SMILES string of the molecule is COC(=O)c1ccc(OCC(=O)c2cc(F)ccc2OC)cc1. The molecule has 2 aromatic carbocycles. The van der Waals surface area contributed by atoms with Crippen molar-refractivity contribution < 1.29 is 28.2 Å². The molecule has 120 valence electrons. The zero-order valence-electron chi connectivity index (χ0n) is 12.7. The third-order valence-corrected chi connectivity index (χ3v) is 3.11. The van der Waals surface area contributed by atoms with Crippen molar-refractivity contribution in [3.8, 4) is 11.5 Å². The Balaban J connectivity index is 2.04. The van der Waals surface area contributed by atoms with E-state index in [2.05, 4.69) is 4.74 Å². The van der Waals surface area contributed by atoms with Crippen molar-refractivity contribution >= 4 is 11.8 Å². The third-order valence-electron chi connectivity index (χ3n) is 3.11. The number of hydrogen-bond donors (Lipinski definition) is 0. The standard InChI is InChI=1S/C17H15FO5/c1-21-16-8-5-12(18)9-14(16)15(19)10-23-13-6-3-11(4-7-13)17(20)22-2/h3-9H,10H2,1-2H3. The summed E-state index contributed by atoms with van der Waals surface area (Å²) in [5.41, 5.74) is 0.483. The maximum absolute atomic E-state index is 13.3. The van der Waals surface area contributed by atoms with E-state index in [0.29, 0.717) is 11.3 Å². The monoisotopic (exact) mass is 318 g/mol. The molecule has 0 aliphatic carbocycles. The molecule has 0 fully saturated rings. The van der Waals surface area contributed by atoms with Crippen LogP contribution in [-0.2, 0) is 4.74 Å². The number of carbonyl (C=O) groups is 2. The lowest BCUT2D eigenvalue weighted by Gasteiger charge is -2.09. The largest absolute Gasteiger partial charge is 0.496 e. The number of hydrogen-bond acceptors (Lipinski definition) is 5. The normalized spacial score (nSPS) is 10.0. The molecule has 0 amide bonds. The van der Waals surface area contributed by atoms with Gasteiger partial charge in [-0.15, -0.1) is 0 Å². The quantitative estimate of drug-likeness (QED) is 0.605. The Labute approximate surface area is 132 Å². The van der Waals surface area contributed by atoms with Crippen LogP contribution in [-0.4, -0.2) is 32.6 Å². The van der Waals surface area contributed by atoms with Crippen molar-refractivity contribution in [3.63, 3.8) is 0 Å². The second kappa shape index (κ2) is 7.40. The second-order valence-corrected chi connectivity index (χ2v) is 4.57. The fourth-order valence-electron chi connectivity index (χ4n) is 1.93. The fraction of sp³-hybridized carbons (Fsp3) is 0.176.